The van der Waals surface area contributed by atoms with Crippen LogP contribution in [-0.2, 0) is 19.5 Å². The molecule has 186 valence electrons. The van der Waals surface area contributed by atoms with Crippen LogP contribution in [-0.4, -0.2) is 30.6 Å². The van der Waals surface area contributed by atoms with Gasteiger partial charge in [-0.15, -0.1) is 0 Å². The normalized spacial score (nSPS) is 14.6. The van der Waals surface area contributed by atoms with Crippen molar-refractivity contribution in [2.75, 3.05) is 10.6 Å². The predicted octanol–water partition coefficient (Wildman–Crippen LogP) is 5.62. The molecule has 3 heterocycles. The number of urea groups is 1. The van der Waals surface area contributed by atoms with E-state index in [-0.39, 0.29) is 11.1 Å². The van der Waals surface area contributed by atoms with E-state index >= 15 is 0 Å². The molecular formula is C26H28FN7O2. The van der Waals surface area contributed by atoms with Crippen molar-refractivity contribution in [1.82, 2.24) is 24.5 Å². The number of benzene rings is 1. The van der Waals surface area contributed by atoms with E-state index in [0.29, 0.717) is 23.0 Å². The van der Waals surface area contributed by atoms with Gasteiger partial charge in [-0.05, 0) is 31.0 Å². The van der Waals surface area contributed by atoms with Crippen molar-refractivity contribution in [2.24, 2.45) is 14.1 Å². The van der Waals surface area contributed by atoms with Crippen molar-refractivity contribution in [3.8, 4) is 22.8 Å². The summed E-state index contributed by atoms with van der Waals surface area (Å²) in [5, 5.41) is 14.1. The fourth-order valence-corrected chi connectivity index (χ4v) is 4.54. The molecule has 0 spiro atoms. The van der Waals surface area contributed by atoms with Gasteiger partial charge in [0.15, 0.2) is 0 Å². The van der Waals surface area contributed by atoms with Gasteiger partial charge in [-0.1, -0.05) is 19.8 Å². The highest BCUT2D eigenvalue weighted by Gasteiger charge is 2.33. The van der Waals surface area contributed by atoms with Crippen LogP contribution in [0.5, 0.6) is 11.5 Å². The van der Waals surface area contributed by atoms with Crippen LogP contribution < -0.4 is 15.4 Å². The Labute approximate surface area is 208 Å². The Morgan fingerprint density at radius 2 is 1.86 bits per heavy atom. The van der Waals surface area contributed by atoms with Crippen LogP contribution in [0.2, 0.25) is 0 Å². The maximum atomic E-state index is 14.8. The highest BCUT2D eigenvalue weighted by Crippen LogP contribution is 2.40. The number of carbonyl (C=O) groups excluding carboxylic acids is 1. The van der Waals surface area contributed by atoms with Crippen LogP contribution in [0.3, 0.4) is 0 Å². The van der Waals surface area contributed by atoms with Crippen LogP contribution in [0.4, 0.5) is 20.7 Å². The SMILES string of the molecule is Cn1cc(-c2cc(Oc3ccc(NC(=O)Nc4cc(C5(C)CCCC5)nn4C)c(F)c3)ccn2)cn1. The lowest BCUT2D eigenvalue weighted by Crippen LogP contribution is -2.21. The predicted molar refractivity (Wildman–Crippen MR) is 135 cm³/mol. The molecule has 1 aliphatic carbocycles. The molecule has 3 aromatic heterocycles. The number of halogens is 1. The molecule has 0 atom stereocenters. The third kappa shape index (κ3) is 4.93. The zero-order chi connectivity index (χ0) is 25.3. The Hall–Kier alpha value is -4.21. The third-order valence-corrected chi connectivity index (χ3v) is 6.60. The van der Waals surface area contributed by atoms with E-state index in [1.165, 1.54) is 25.0 Å². The minimum Gasteiger partial charge on any atom is -0.457 e. The Balaban J connectivity index is 1.24. The molecule has 10 heteroatoms. The number of anilines is 2. The molecule has 0 aliphatic heterocycles. The van der Waals surface area contributed by atoms with E-state index in [1.807, 2.05) is 19.3 Å². The molecule has 2 amide bonds. The second kappa shape index (κ2) is 9.44. The lowest BCUT2D eigenvalue weighted by Gasteiger charge is -2.20. The molecule has 0 radical (unpaired) electrons. The number of ether oxygens (including phenoxy) is 1. The largest absolute Gasteiger partial charge is 0.457 e. The number of hydrogen-bond acceptors (Lipinski definition) is 5. The van der Waals surface area contributed by atoms with Gasteiger partial charge >= 0.3 is 6.03 Å². The number of nitrogens with one attached hydrogen (secondary N) is 2. The summed E-state index contributed by atoms with van der Waals surface area (Å²) in [5.74, 6) is 0.735. The number of aryl methyl sites for hydroxylation is 2. The second-order valence-corrected chi connectivity index (χ2v) is 9.41. The van der Waals surface area contributed by atoms with E-state index in [1.54, 1.807) is 47.0 Å². The van der Waals surface area contributed by atoms with Gasteiger partial charge in [-0.25, -0.2) is 9.18 Å². The van der Waals surface area contributed by atoms with Crippen LogP contribution >= 0.6 is 0 Å². The molecule has 0 saturated heterocycles. The quantitative estimate of drug-likeness (QED) is 0.366. The van der Waals surface area contributed by atoms with Gasteiger partial charge in [0.05, 0.1) is 23.3 Å². The smallest absolute Gasteiger partial charge is 0.324 e. The highest BCUT2D eigenvalue weighted by molar-refractivity contribution is 5.99. The average molecular weight is 490 g/mol. The summed E-state index contributed by atoms with van der Waals surface area (Å²) in [4.78, 5) is 16.9. The van der Waals surface area contributed by atoms with Crippen molar-refractivity contribution in [2.45, 2.75) is 38.0 Å². The molecule has 1 saturated carbocycles. The Morgan fingerprint density at radius 1 is 1.08 bits per heavy atom. The van der Waals surface area contributed by atoms with Crippen molar-refractivity contribution < 1.29 is 13.9 Å². The summed E-state index contributed by atoms with van der Waals surface area (Å²) < 4.78 is 23.9. The molecule has 4 aromatic rings. The van der Waals surface area contributed by atoms with E-state index < -0.39 is 11.8 Å². The summed E-state index contributed by atoms with van der Waals surface area (Å²) >= 11 is 0. The Bertz CT molecular complexity index is 1410. The first kappa shape index (κ1) is 23.5. The lowest BCUT2D eigenvalue weighted by atomic mass is 9.85. The first-order valence-electron chi connectivity index (χ1n) is 11.8. The summed E-state index contributed by atoms with van der Waals surface area (Å²) in [6, 6.07) is 9.06. The zero-order valence-corrected chi connectivity index (χ0v) is 20.5. The zero-order valence-electron chi connectivity index (χ0n) is 20.5. The number of amides is 2. The standard InChI is InChI=1S/C26H28FN7O2/c1-26(9-4-5-10-26)23-14-24(34(3)32-23)31-25(35)30-21-7-6-18(12-20(21)27)36-19-8-11-28-22(13-19)17-15-29-33(2)16-17/h6-8,11-16H,4-5,9-10H2,1-3H3,(H2,30,31,35). The average Bonchev–Trinajstić information content (AvgIpc) is 3.57. The minimum absolute atomic E-state index is 0.0314. The van der Waals surface area contributed by atoms with Gasteiger partial charge in [-0.3, -0.25) is 19.7 Å². The van der Waals surface area contributed by atoms with E-state index in [2.05, 4.69) is 32.7 Å². The maximum Gasteiger partial charge on any atom is 0.324 e. The number of carbonyl (C=O) groups is 1. The summed E-state index contributed by atoms with van der Waals surface area (Å²) in [6.07, 6.45) is 9.70. The number of rotatable bonds is 6. The van der Waals surface area contributed by atoms with Gasteiger partial charge in [0.25, 0.3) is 0 Å². The maximum absolute atomic E-state index is 14.8. The number of aromatic nitrogens is 5. The molecule has 9 nitrogen and oxygen atoms in total. The van der Waals surface area contributed by atoms with E-state index in [0.717, 1.165) is 24.1 Å². The van der Waals surface area contributed by atoms with E-state index in [9.17, 15) is 9.18 Å². The summed E-state index contributed by atoms with van der Waals surface area (Å²) in [5.41, 5.74) is 2.57. The van der Waals surface area contributed by atoms with Crippen molar-refractivity contribution in [3.05, 3.63) is 66.5 Å². The van der Waals surface area contributed by atoms with Gasteiger partial charge in [0.1, 0.15) is 23.1 Å². The summed E-state index contributed by atoms with van der Waals surface area (Å²) in [6.45, 7) is 2.21. The van der Waals surface area contributed by atoms with Crippen molar-refractivity contribution >= 4 is 17.5 Å². The van der Waals surface area contributed by atoms with Crippen LogP contribution in [0.1, 0.15) is 38.3 Å². The third-order valence-electron chi connectivity index (χ3n) is 6.60. The molecule has 36 heavy (non-hydrogen) atoms. The Kier molecular flexibility index (Phi) is 6.17. The number of nitrogens with zero attached hydrogens (tertiary/aromatic N) is 5. The van der Waals surface area contributed by atoms with E-state index in [4.69, 9.17) is 4.74 Å². The van der Waals surface area contributed by atoms with Crippen molar-refractivity contribution in [3.63, 3.8) is 0 Å². The number of pyridine rings is 1. The lowest BCUT2D eigenvalue weighted by molar-refractivity contribution is 0.262. The molecule has 1 fully saturated rings. The van der Waals surface area contributed by atoms with Gasteiger partial charge in [-0.2, -0.15) is 10.2 Å². The second-order valence-electron chi connectivity index (χ2n) is 9.41. The molecular weight excluding hydrogens is 461 g/mol. The topological polar surface area (TPSA) is 98.9 Å². The first-order valence-corrected chi connectivity index (χ1v) is 11.8. The monoisotopic (exact) mass is 489 g/mol. The molecule has 1 aromatic carbocycles. The van der Waals surface area contributed by atoms with Gasteiger partial charge in [0, 0.05) is 55.7 Å². The summed E-state index contributed by atoms with van der Waals surface area (Å²) in [7, 11) is 3.61. The molecule has 0 bridgehead atoms. The molecule has 5 rings (SSSR count). The van der Waals surface area contributed by atoms with Crippen LogP contribution in [0.25, 0.3) is 11.3 Å². The van der Waals surface area contributed by atoms with Crippen LogP contribution in [0.15, 0.2) is 55.0 Å². The minimum atomic E-state index is -0.617. The highest BCUT2D eigenvalue weighted by atomic mass is 19.1. The fourth-order valence-electron chi connectivity index (χ4n) is 4.54. The van der Waals surface area contributed by atoms with Gasteiger partial charge < -0.3 is 10.1 Å². The molecule has 2 N–H and O–H groups in total. The molecule has 0 unspecified atom stereocenters. The first-order chi connectivity index (χ1) is 17.3. The van der Waals surface area contributed by atoms with Crippen LogP contribution in [0, 0.1) is 5.82 Å². The van der Waals surface area contributed by atoms with Gasteiger partial charge in [0.2, 0.25) is 0 Å². The molecule has 1 aliphatic rings. The Morgan fingerprint density at radius 3 is 2.58 bits per heavy atom. The van der Waals surface area contributed by atoms with Crippen molar-refractivity contribution in [1.29, 1.82) is 0 Å². The number of hydrogen-bond donors (Lipinski definition) is 2. The fraction of sp³-hybridized carbons (Fsp3) is 0.308.